The van der Waals surface area contributed by atoms with Gasteiger partial charge in [-0.25, -0.2) is 4.90 Å². The van der Waals surface area contributed by atoms with E-state index in [0.717, 1.165) is 16.6 Å². The van der Waals surface area contributed by atoms with Crippen LogP contribution in [0.2, 0.25) is 0 Å². The van der Waals surface area contributed by atoms with Gasteiger partial charge in [0.05, 0.1) is 46.5 Å². The van der Waals surface area contributed by atoms with Gasteiger partial charge in [-0.05, 0) is 19.1 Å². The number of hydrogen-bond donors (Lipinski definition) is 2. The van der Waals surface area contributed by atoms with Crippen LogP contribution in [0, 0.1) is 29.1 Å². The molecule has 4 heterocycles. The molecule has 5 rings (SSSR count). The highest BCUT2D eigenvalue weighted by atomic mass is 32.1. The summed E-state index contributed by atoms with van der Waals surface area (Å²) in [6.07, 6.45) is -0.739. The number of rotatable bonds is 3. The molecule has 0 saturated carbocycles. The van der Waals surface area contributed by atoms with E-state index in [4.69, 9.17) is 4.74 Å². The zero-order chi connectivity index (χ0) is 20.7. The number of anilines is 1. The summed E-state index contributed by atoms with van der Waals surface area (Å²) in [6.45, 7) is 3.18. The molecule has 150 valence electrons. The van der Waals surface area contributed by atoms with Gasteiger partial charge in [0.2, 0.25) is 11.8 Å². The van der Waals surface area contributed by atoms with Crippen LogP contribution < -0.4 is 4.90 Å². The number of carbonyl (C=O) groups is 2. The number of aliphatic hydroxyl groups is 2. The second-order valence-corrected chi connectivity index (χ2v) is 8.75. The minimum Gasteiger partial charge on any atom is -0.396 e. The number of hydrogen-bond acceptors (Lipinski definition) is 9. The average molecular weight is 414 g/mol. The summed E-state index contributed by atoms with van der Waals surface area (Å²) in [6, 6.07) is 5.08. The highest BCUT2D eigenvalue weighted by Gasteiger charge is 2.78. The van der Waals surface area contributed by atoms with Gasteiger partial charge in [-0.3, -0.25) is 9.59 Å². The van der Waals surface area contributed by atoms with E-state index >= 15 is 0 Å². The van der Waals surface area contributed by atoms with Crippen molar-refractivity contribution in [2.75, 3.05) is 11.5 Å². The van der Waals surface area contributed by atoms with Crippen LogP contribution in [-0.4, -0.2) is 54.7 Å². The number of aromatic nitrogens is 2. The fraction of sp³-hybridized carbons (Fsp3) is 0.526. The maximum atomic E-state index is 13.5. The molecule has 10 heteroatoms. The summed E-state index contributed by atoms with van der Waals surface area (Å²) in [5.41, 5.74) is -1.06. The predicted molar refractivity (Wildman–Crippen MR) is 101 cm³/mol. The molecule has 6 atom stereocenters. The van der Waals surface area contributed by atoms with Gasteiger partial charge in [0, 0.05) is 18.9 Å². The van der Waals surface area contributed by atoms with Crippen LogP contribution in [0.1, 0.15) is 25.8 Å². The molecule has 2 amide bonds. The first-order valence-corrected chi connectivity index (χ1v) is 10.1. The largest absolute Gasteiger partial charge is 0.396 e. The number of benzene rings is 1. The van der Waals surface area contributed by atoms with Crippen molar-refractivity contribution in [2.45, 2.75) is 37.6 Å². The topological polar surface area (TPSA) is 137 Å². The Balaban J connectivity index is 1.67. The Hall–Kier alpha value is -2.45. The minimum atomic E-state index is -1.21. The molecule has 0 aliphatic carbocycles. The maximum absolute atomic E-state index is 13.5. The van der Waals surface area contributed by atoms with E-state index in [1.165, 1.54) is 12.1 Å². The fourth-order valence-corrected chi connectivity index (χ4v) is 5.92. The minimum absolute atomic E-state index is 0.181. The molecule has 0 spiro atoms. The van der Waals surface area contributed by atoms with E-state index < -0.39 is 46.9 Å². The quantitative estimate of drug-likeness (QED) is 0.696. The number of amides is 2. The van der Waals surface area contributed by atoms with Gasteiger partial charge in [0.25, 0.3) is 0 Å². The number of aliphatic hydroxyl groups excluding tert-OH is 2. The number of nitriles is 1. The second-order valence-electron chi connectivity index (χ2n) is 8.22. The molecule has 1 aromatic heterocycles. The summed E-state index contributed by atoms with van der Waals surface area (Å²) in [5, 5.41) is 29.7. The van der Waals surface area contributed by atoms with Gasteiger partial charge >= 0.3 is 0 Å². The lowest BCUT2D eigenvalue weighted by Gasteiger charge is -2.36. The third kappa shape index (κ3) is 2.03. The zero-order valence-corrected chi connectivity index (χ0v) is 16.5. The van der Waals surface area contributed by atoms with Crippen molar-refractivity contribution in [3.8, 4) is 6.07 Å². The van der Waals surface area contributed by atoms with Crippen LogP contribution >= 0.6 is 11.7 Å². The van der Waals surface area contributed by atoms with Crippen molar-refractivity contribution in [2.24, 2.45) is 17.8 Å². The highest BCUT2D eigenvalue weighted by molar-refractivity contribution is 7.00. The van der Waals surface area contributed by atoms with Crippen molar-refractivity contribution in [1.82, 2.24) is 8.75 Å². The lowest BCUT2D eigenvalue weighted by molar-refractivity contribution is -0.138. The van der Waals surface area contributed by atoms with Crippen molar-refractivity contribution in [3.05, 3.63) is 17.7 Å². The fourth-order valence-electron chi connectivity index (χ4n) is 5.35. The molecule has 2 N–H and O–H groups in total. The Labute approximate surface area is 169 Å². The van der Waals surface area contributed by atoms with E-state index in [0.29, 0.717) is 16.6 Å². The standard InChI is InChI=1S/C19H18N4O5S/c1-8(7-24)19-5-11(25)18(2,28-19)12-13(19)17(27)23(16(12)26)10-4-3-9(6-20)14-15(10)22-29-21-14/h3-4,8,11-13,24-25H,5,7H2,1-2H3/t8?,11-,12-,13+,18?,19?/m0/s1. The highest BCUT2D eigenvalue weighted by Crippen LogP contribution is 2.63. The molecule has 3 unspecified atom stereocenters. The van der Waals surface area contributed by atoms with Gasteiger partial charge in [0.15, 0.2) is 0 Å². The van der Waals surface area contributed by atoms with Gasteiger partial charge < -0.3 is 14.9 Å². The number of carbonyl (C=O) groups excluding carboxylic acids is 2. The number of fused-ring (bicyclic) bond motifs is 6. The maximum Gasteiger partial charge on any atom is 0.240 e. The molecule has 3 aliphatic rings. The van der Waals surface area contributed by atoms with Gasteiger partial charge in [-0.15, -0.1) is 0 Å². The SMILES string of the molecule is CC(CO)C12C[C@H](O)C(C)(O1)[C@@H]1C(=O)N(c3ccc(C#N)c4nsnc34)C(=O)[C@@H]12. The summed E-state index contributed by atoms with van der Waals surface area (Å²) >= 11 is 0.902. The predicted octanol–water partition coefficient (Wildman–Crippen LogP) is 0.589. The molecule has 3 fully saturated rings. The molecule has 2 aromatic rings. The Kier molecular flexibility index (Phi) is 3.71. The summed E-state index contributed by atoms with van der Waals surface area (Å²) < 4.78 is 14.5. The summed E-state index contributed by atoms with van der Waals surface area (Å²) in [4.78, 5) is 28.1. The first kappa shape index (κ1) is 18.6. The Morgan fingerprint density at radius 3 is 2.72 bits per heavy atom. The van der Waals surface area contributed by atoms with Crippen molar-refractivity contribution >= 4 is 40.3 Å². The van der Waals surface area contributed by atoms with Crippen molar-refractivity contribution < 1.29 is 24.5 Å². The lowest BCUT2D eigenvalue weighted by Crippen LogP contribution is -2.51. The summed E-state index contributed by atoms with van der Waals surface area (Å²) in [7, 11) is 0. The van der Waals surface area contributed by atoms with Crippen LogP contribution in [0.15, 0.2) is 12.1 Å². The van der Waals surface area contributed by atoms with Crippen LogP contribution in [0.4, 0.5) is 5.69 Å². The zero-order valence-electron chi connectivity index (χ0n) is 15.7. The molecule has 3 aliphatic heterocycles. The van der Waals surface area contributed by atoms with Crippen LogP contribution in [0.3, 0.4) is 0 Å². The van der Waals surface area contributed by atoms with Crippen molar-refractivity contribution in [3.63, 3.8) is 0 Å². The first-order valence-electron chi connectivity index (χ1n) is 9.32. The Morgan fingerprint density at radius 1 is 1.34 bits per heavy atom. The molecule has 3 saturated heterocycles. The third-order valence-corrected chi connectivity index (χ3v) is 7.43. The summed E-state index contributed by atoms with van der Waals surface area (Å²) in [5.74, 6) is -3.00. The molecule has 1 aromatic carbocycles. The van der Waals surface area contributed by atoms with Crippen molar-refractivity contribution in [1.29, 1.82) is 5.26 Å². The Morgan fingerprint density at radius 2 is 2.03 bits per heavy atom. The molecule has 0 radical (unpaired) electrons. The molecular weight excluding hydrogens is 396 g/mol. The smallest absolute Gasteiger partial charge is 0.240 e. The average Bonchev–Trinajstić information content (AvgIpc) is 3.41. The monoisotopic (exact) mass is 414 g/mol. The Bertz CT molecular complexity index is 1110. The number of nitrogens with zero attached hydrogens (tertiary/aromatic N) is 4. The number of imide groups is 1. The number of ether oxygens (including phenoxy) is 1. The van der Waals surface area contributed by atoms with Crippen LogP contribution in [-0.2, 0) is 14.3 Å². The van der Waals surface area contributed by atoms with E-state index in [1.54, 1.807) is 13.8 Å². The lowest BCUT2D eigenvalue weighted by atomic mass is 9.63. The van der Waals surface area contributed by atoms with Gasteiger partial charge in [0.1, 0.15) is 22.7 Å². The van der Waals surface area contributed by atoms with Crippen LogP contribution in [0.5, 0.6) is 0 Å². The molecule has 9 nitrogen and oxygen atoms in total. The first-order chi connectivity index (χ1) is 13.8. The van der Waals surface area contributed by atoms with E-state index in [9.17, 15) is 25.1 Å². The molecular formula is C19H18N4O5S. The van der Waals surface area contributed by atoms with Crippen LogP contribution in [0.25, 0.3) is 11.0 Å². The van der Waals surface area contributed by atoms with Gasteiger partial charge in [-0.1, -0.05) is 6.92 Å². The third-order valence-electron chi connectivity index (χ3n) is 6.90. The second kappa shape index (κ2) is 5.79. The van der Waals surface area contributed by atoms with Gasteiger partial charge in [-0.2, -0.15) is 14.0 Å². The normalized spacial score (nSPS) is 36.7. The van der Waals surface area contributed by atoms with E-state index in [1.807, 2.05) is 6.07 Å². The molecule has 2 bridgehead atoms. The molecule has 29 heavy (non-hydrogen) atoms. The van der Waals surface area contributed by atoms with E-state index in [2.05, 4.69) is 8.75 Å². The van der Waals surface area contributed by atoms with E-state index in [-0.39, 0.29) is 18.7 Å².